The van der Waals surface area contributed by atoms with E-state index in [2.05, 4.69) is 5.32 Å². The van der Waals surface area contributed by atoms with Crippen molar-refractivity contribution < 1.29 is 14.7 Å². The fourth-order valence-corrected chi connectivity index (χ4v) is 1.37. The summed E-state index contributed by atoms with van der Waals surface area (Å²) in [4.78, 5) is 21.8. The molecule has 0 fully saturated rings. The molecule has 1 aromatic rings. The predicted octanol–water partition coefficient (Wildman–Crippen LogP) is 1.33. The van der Waals surface area contributed by atoms with Gasteiger partial charge in [0.15, 0.2) is 0 Å². The zero-order chi connectivity index (χ0) is 11.4. The SMILES string of the molecule is CNC(=O)c1cc(CC(=O)O)ccc1Cl. The van der Waals surface area contributed by atoms with E-state index >= 15 is 0 Å². The molecule has 2 N–H and O–H groups in total. The van der Waals surface area contributed by atoms with Crippen molar-refractivity contribution in [2.24, 2.45) is 0 Å². The molecule has 0 aliphatic rings. The molecule has 15 heavy (non-hydrogen) atoms. The van der Waals surface area contributed by atoms with Gasteiger partial charge in [-0.2, -0.15) is 0 Å². The van der Waals surface area contributed by atoms with Crippen molar-refractivity contribution in [1.29, 1.82) is 0 Å². The number of hydrogen-bond donors (Lipinski definition) is 2. The van der Waals surface area contributed by atoms with Gasteiger partial charge >= 0.3 is 5.97 Å². The van der Waals surface area contributed by atoms with Crippen molar-refractivity contribution >= 4 is 23.5 Å². The van der Waals surface area contributed by atoms with Crippen LogP contribution in [0.5, 0.6) is 0 Å². The van der Waals surface area contributed by atoms with E-state index in [1.54, 1.807) is 6.07 Å². The lowest BCUT2D eigenvalue weighted by molar-refractivity contribution is -0.136. The van der Waals surface area contributed by atoms with Crippen LogP contribution < -0.4 is 5.32 Å². The van der Waals surface area contributed by atoms with Gasteiger partial charge in [-0.05, 0) is 17.7 Å². The Kier molecular flexibility index (Phi) is 3.68. The molecule has 1 rings (SSSR count). The average molecular weight is 228 g/mol. The summed E-state index contributed by atoms with van der Waals surface area (Å²) in [5, 5.41) is 11.3. The first-order valence-electron chi connectivity index (χ1n) is 4.27. The molecule has 4 nitrogen and oxygen atoms in total. The molecule has 0 aromatic heterocycles. The number of carbonyl (C=O) groups is 2. The third-order valence-electron chi connectivity index (χ3n) is 1.86. The van der Waals surface area contributed by atoms with Crippen LogP contribution >= 0.6 is 11.6 Å². The summed E-state index contributed by atoms with van der Waals surface area (Å²) >= 11 is 5.80. The molecule has 80 valence electrons. The van der Waals surface area contributed by atoms with Crippen LogP contribution in [0.3, 0.4) is 0 Å². The van der Waals surface area contributed by atoms with Gasteiger partial charge in [-0.25, -0.2) is 0 Å². The summed E-state index contributed by atoms with van der Waals surface area (Å²) in [6.07, 6.45) is -0.124. The first kappa shape index (κ1) is 11.5. The molecule has 0 atom stereocenters. The molecular weight excluding hydrogens is 218 g/mol. The van der Waals surface area contributed by atoms with E-state index in [0.29, 0.717) is 10.6 Å². The molecule has 0 heterocycles. The van der Waals surface area contributed by atoms with Crippen LogP contribution in [0, 0.1) is 0 Å². The second-order valence-corrected chi connectivity index (χ2v) is 3.37. The summed E-state index contributed by atoms with van der Waals surface area (Å²) in [5.74, 6) is -1.27. The van der Waals surface area contributed by atoms with Gasteiger partial charge in [0.1, 0.15) is 0 Å². The van der Waals surface area contributed by atoms with E-state index in [1.807, 2.05) is 0 Å². The number of aliphatic carboxylic acids is 1. The van der Waals surface area contributed by atoms with Gasteiger partial charge < -0.3 is 10.4 Å². The van der Waals surface area contributed by atoms with Crippen molar-refractivity contribution in [3.63, 3.8) is 0 Å². The number of rotatable bonds is 3. The standard InChI is InChI=1S/C10H10ClNO3/c1-12-10(15)7-4-6(5-9(13)14)2-3-8(7)11/h2-4H,5H2,1H3,(H,12,15)(H,13,14). The third-order valence-corrected chi connectivity index (χ3v) is 2.19. The highest BCUT2D eigenvalue weighted by Crippen LogP contribution is 2.17. The van der Waals surface area contributed by atoms with E-state index in [1.165, 1.54) is 19.2 Å². The highest BCUT2D eigenvalue weighted by molar-refractivity contribution is 6.33. The number of carbonyl (C=O) groups excluding carboxylic acids is 1. The molecule has 0 saturated heterocycles. The Morgan fingerprint density at radius 2 is 2.13 bits per heavy atom. The van der Waals surface area contributed by atoms with Gasteiger partial charge in [-0.1, -0.05) is 17.7 Å². The molecule has 0 aliphatic heterocycles. The second kappa shape index (κ2) is 4.79. The number of benzene rings is 1. The van der Waals surface area contributed by atoms with Gasteiger partial charge in [0, 0.05) is 7.05 Å². The fourth-order valence-electron chi connectivity index (χ4n) is 1.17. The lowest BCUT2D eigenvalue weighted by Crippen LogP contribution is -2.18. The van der Waals surface area contributed by atoms with Gasteiger partial charge in [-0.15, -0.1) is 0 Å². The second-order valence-electron chi connectivity index (χ2n) is 2.96. The van der Waals surface area contributed by atoms with Crippen molar-refractivity contribution in [3.8, 4) is 0 Å². The maximum absolute atomic E-state index is 11.3. The Morgan fingerprint density at radius 3 is 2.67 bits per heavy atom. The average Bonchev–Trinajstić information content (AvgIpc) is 2.19. The first-order valence-corrected chi connectivity index (χ1v) is 4.64. The number of nitrogens with one attached hydrogen (secondary N) is 1. The normalized spacial score (nSPS) is 9.73. The highest BCUT2D eigenvalue weighted by atomic mass is 35.5. The molecule has 0 unspecified atom stereocenters. The van der Waals surface area contributed by atoms with E-state index in [9.17, 15) is 9.59 Å². The number of carboxylic acid groups (broad SMARTS) is 1. The van der Waals surface area contributed by atoms with E-state index in [-0.39, 0.29) is 17.9 Å². The molecule has 0 aliphatic carbocycles. The third kappa shape index (κ3) is 2.95. The van der Waals surface area contributed by atoms with Crippen molar-refractivity contribution in [2.45, 2.75) is 6.42 Å². The minimum Gasteiger partial charge on any atom is -0.481 e. The molecule has 0 radical (unpaired) electrons. The van der Waals surface area contributed by atoms with Gasteiger partial charge in [0.05, 0.1) is 17.0 Å². The topological polar surface area (TPSA) is 66.4 Å². The lowest BCUT2D eigenvalue weighted by atomic mass is 10.1. The van der Waals surface area contributed by atoms with Crippen LogP contribution in [0.4, 0.5) is 0 Å². The van der Waals surface area contributed by atoms with Crippen LogP contribution in [-0.4, -0.2) is 24.0 Å². The largest absolute Gasteiger partial charge is 0.481 e. The van der Waals surface area contributed by atoms with Crippen LogP contribution in [-0.2, 0) is 11.2 Å². The predicted molar refractivity (Wildman–Crippen MR) is 56.2 cm³/mol. The van der Waals surface area contributed by atoms with Crippen LogP contribution in [0.25, 0.3) is 0 Å². The minimum absolute atomic E-state index is 0.124. The Morgan fingerprint density at radius 1 is 1.47 bits per heavy atom. The lowest BCUT2D eigenvalue weighted by Gasteiger charge is -2.04. The number of hydrogen-bond acceptors (Lipinski definition) is 2. The van der Waals surface area contributed by atoms with Gasteiger partial charge in [-0.3, -0.25) is 9.59 Å². The van der Waals surface area contributed by atoms with E-state index < -0.39 is 5.97 Å². The maximum atomic E-state index is 11.3. The molecule has 5 heteroatoms. The van der Waals surface area contributed by atoms with Crippen molar-refractivity contribution in [1.82, 2.24) is 5.32 Å². The number of carboxylic acids is 1. The summed E-state index contributed by atoms with van der Waals surface area (Å²) in [7, 11) is 1.49. The minimum atomic E-state index is -0.944. The fraction of sp³-hybridized carbons (Fsp3) is 0.200. The summed E-state index contributed by atoms with van der Waals surface area (Å²) in [6, 6.07) is 4.59. The van der Waals surface area contributed by atoms with Crippen LogP contribution in [0.2, 0.25) is 5.02 Å². The van der Waals surface area contributed by atoms with Crippen LogP contribution in [0.15, 0.2) is 18.2 Å². The summed E-state index contributed by atoms with van der Waals surface area (Å²) in [6.45, 7) is 0. The Hall–Kier alpha value is -1.55. The van der Waals surface area contributed by atoms with Gasteiger partial charge in [0.2, 0.25) is 0 Å². The summed E-state index contributed by atoms with van der Waals surface area (Å²) < 4.78 is 0. The Labute approximate surface area is 91.9 Å². The smallest absolute Gasteiger partial charge is 0.307 e. The number of amides is 1. The molecule has 0 bridgehead atoms. The summed E-state index contributed by atoms with van der Waals surface area (Å²) in [5.41, 5.74) is 0.836. The zero-order valence-corrected chi connectivity index (χ0v) is 8.84. The first-order chi connectivity index (χ1) is 7.04. The molecular formula is C10H10ClNO3. The maximum Gasteiger partial charge on any atom is 0.307 e. The molecule has 0 spiro atoms. The van der Waals surface area contributed by atoms with Crippen LogP contribution in [0.1, 0.15) is 15.9 Å². The molecule has 1 aromatic carbocycles. The highest BCUT2D eigenvalue weighted by Gasteiger charge is 2.10. The van der Waals surface area contributed by atoms with Crippen molar-refractivity contribution in [2.75, 3.05) is 7.05 Å². The van der Waals surface area contributed by atoms with E-state index in [0.717, 1.165) is 0 Å². The number of halogens is 1. The van der Waals surface area contributed by atoms with E-state index in [4.69, 9.17) is 16.7 Å². The Bertz CT molecular complexity index is 404. The zero-order valence-electron chi connectivity index (χ0n) is 8.08. The quantitative estimate of drug-likeness (QED) is 0.819. The molecule has 1 amide bonds. The monoisotopic (exact) mass is 227 g/mol. The van der Waals surface area contributed by atoms with Gasteiger partial charge in [0.25, 0.3) is 5.91 Å². The molecule has 0 saturated carbocycles. The van der Waals surface area contributed by atoms with Crippen molar-refractivity contribution in [3.05, 3.63) is 34.3 Å². The Balaban J connectivity index is 3.05.